The summed E-state index contributed by atoms with van der Waals surface area (Å²) < 4.78 is 13.5. The zero-order chi connectivity index (χ0) is 12.3. The number of nitrogens with two attached hydrogens (primary N) is 1. The van der Waals surface area contributed by atoms with Gasteiger partial charge in [-0.25, -0.2) is 4.39 Å². The molecule has 0 saturated heterocycles. The van der Waals surface area contributed by atoms with Gasteiger partial charge in [-0.05, 0) is 38.8 Å². The van der Waals surface area contributed by atoms with Crippen molar-refractivity contribution in [2.24, 2.45) is 5.73 Å². The molecule has 1 fully saturated rings. The summed E-state index contributed by atoms with van der Waals surface area (Å²) in [4.78, 5) is 2.25. The van der Waals surface area contributed by atoms with Gasteiger partial charge in [-0.2, -0.15) is 0 Å². The van der Waals surface area contributed by atoms with Gasteiger partial charge in [-0.1, -0.05) is 18.2 Å². The summed E-state index contributed by atoms with van der Waals surface area (Å²) in [6.45, 7) is 0.687. The average Bonchev–Trinajstić information content (AvgIpc) is 2.33. The maximum absolute atomic E-state index is 13.5. The minimum Gasteiger partial charge on any atom is -0.328 e. The number of rotatable bonds is 3. The Morgan fingerprint density at radius 2 is 1.88 bits per heavy atom. The van der Waals surface area contributed by atoms with Crippen LogP contribution in [0.1, 0.15) is 31.2 Å². The fourth-order valence-corrected chi connectivity index (χ4v) is 2.57. The number of benzene rings is 1. The lowest BCUT2D eigenvalue weighted by Gasteiger charge is -2.33. The molecule has 0 aromatic heterocycles. The van der Waals surface area contributed by atoms with E-state index in [0.717, 1.165) is 31.2 Å². The summed E-state index contributed by atoms with van der Waals surface area (Å²) in [7, 11) is 2.08. The van der Waals surface area contributed by atoms with Crippen molar-refractivity contribution in [1.29, 1.82) is 0 Å². The first kappa shape index (κ1) is 12.5. The number of halogens is 1. The van der Waals surface area contributed by atoms with Crippen LogP contribution in [-0.4, -0.2) is 24.0 Å². The van der Waals surface area contributed by atoms with Gasteiger partial charge in [0.15, 0.2) is 0 Å². The fourth-order valence-electron chi connectivity index (χ4n) is 2.57. The molecule has 0 heterocycles. The smallest absolute Gasteiger partial charge is 0.127 e. The predicted octanol–water partition coefficient (Wildman–Crippen LogP) is 2.53. The highest BCUT2D eigenvalue weighted by atomic mass is 19.1. The van der Waals surface area contributed by atoms with Gasteiger partial charge in [0.25, 0.3) is 0 Å². The summed E-state index contributed by atoms with van der Waals surface area (Å²) in [5.74, 6) is -0.105. The zero-order valence-electron chi connectivity index (χ0n) is 10.4. The second-order valence-electron chi connectivity index (χ2n) is 5.08. The normalized spacial score (nSPS) is 25.2. The topological polar surface area (TPSA) is 29.3 Å². The summed E-state index contributed by atoms with van der Waals surface area (Å²) in [5, 5.41) is 0. The highest BCUT2D eigenvalue weighted by Gasteiger charge is 2.22. The first-order valence-corrected chi connectivity index (χ1v) is 6.36. The lowest BCUT2D eigenvalue weighted by atomic mass is 9.91. The maximum atomic E-state index is 13.5. The molecule has 0 amide bonds. The van der Waals surface area contributed by atoms with Crippen molar-refractivity contribution in [3.63, 3.8) is 0 Å². The van der Waals surface area contributed by atoms with E-state index in [2.05, 4.69) is 11.9 Å². The molecule has 0 bridgehead atoms. The molecule has 1 saturated carbocycles. The van der Waals surface area contributed by atoms with Crippen molar-refractivity contribution >= 4 is 0 Å². The monoisotopic (exact) mass is 236 g/mol. The summed E-state index contributed by atoms with van der Waals surface area (Å²) in [5.41, 5.74) is 6.68. The van der Waals surface area contributed by atoms with Crippen LogP contribution < -0.4 is 5.73 Å². The quantitative estimate of drug-likeness (QED) is 0.873. The van der Waals surface area contributed by atoms with E-state index in [1.807, 2.05) is 12.1 Å². The summed E-state index contributed by atoms with van der Waals surface area (Å²) >= 11 is 0. The van der Waals surface area contributed by atoms with Gasteiger partial charge in [0.2, 0.25) is 0 Å². The third-order valence-corrected chi connectivity index (χ3v) is 3.74. The van der Waals surface area contributed by atoms with Crippen LogP contribution in [0.5, 0.6) is 0 Å². The first-order valence-electron chi connectivity index (χ1n) is 6.36. The van der Waals surface area contributed by atoms with Crippen molar-refractivity contribution in [1.82, 2.24) is 4.90 Å². The van der Waals surface area contributed by atoms with Gasteiger partial charge < -0.3 is 5.73 Å². The molecular weight excluding hydrogens is 215 g/mol. The molecular formula is C14H21FN2. The van der Waals surface area contributed by atoms with Crippen LogP contribution in [0, 0.1) is 5.82 Å². The Bertz CT molecular complexity index is 359. The minimum absolute atomic E-state index is 0.105. The Balaban J connectivity index is 1.93. The van der Waals surface area contributed by atoms with E-state index in [1.165, 1.54) is 6.07 Å². The van der Waals surface area contributed by atoms with Crippen LogP contribution in [0.4, 0.5) is 4.39 Å². The van der Waals surface area contributed by atoms with Gasteiger partial charge in [0.05, 0.1) is 0 Å². The largest absolute Gasteiger partial charge is 0.328 e. The molecule has 2 N–H and O–H groups in total. The van der Waals surface area contributed by atoms with E-state index in [1.54, 1.807) is 6.07 Å². The van der Waals surface area contributed by atoms with E-state index < -0.39 is 0 Å². The molecule has 2 nitrogen and oxygen atoms in total. The highest BCUT2D eigenvalue weighted by molar-refractivity contribution is 5.17. The highest BCUT2D eigenvalue weighted by Crippen LogP contribution is 2.22. The molecule has 2 rings (SSSR count). The van der Waals surface area contributed by atoms with Gasteiger partial charge in [0, 0.05) is 24.2 Å². The van der Waals surface area contributed by atoms with E-state index >= 15 is 0 Å². The molecule has 1 aliphatic carbocycles. The Hall–Kier alpha value is -0.930. The van der Waals surface area contributed by atoms with Gasteiger partial charge >= 0.3 is 0 Å². The van der Waals surface area contributed by atoms with Gasteiger partial charge in [0.1, 0.15) is 5.82 Å². The predicted molar refractivity (Wildman–Crippen MR) is 68.1 cm³/mol. The van der Waals surface area contributed by atoms with Crippen molar-refractivity contribution in [2.45, 2.75) is 44.3 Å². The van der Waals surface area contributed by atoms with E-state index in [4.69, 9.17) is 5.73 Å². The van der Waals surface area contributed by atoms with Gasteiger partial charge in [-0.3, -0.25) is 4.90 Å². The summed E-state index contributed by atoms with van der Waals surface area (Å²) in [6.07, 6.45) is 4.44. The molecule has 94 valence electrons. The maximum Gasteiger partial charge on any atom is 0.127 e. The lowest BCUT2D eigenvalue weighted by molar-refractivity contribution is 0.174. The van der Waals surface area contributed by atoms with Crippen molar-refractivity contribution in [3.05, 3.63) is 35.6 Å². The van der Waals surface area contributed by atoms with Crippen LogP contribution in [0.15, 0.2) is 24.3 Å². The SMILES string of the molecule is CN(Cc1ccccc1F)[C@H]1CC[C@H](N)CC1. The molecule has 1 aliphatic rings. The van der Waals surface area contributed by atoms with E-state index in [0.29, 0.717) is 18.6 Å². The molecule has 0 aliphatic heterocycles. The van der Waals surface area contributed by atoms with Gasteiger partial charge in [-0.15, -0.1) is 0 Å². The second kappa shape index (κ2) is 5.61. The molecule has 0 spiro atoms. The van der Waals surface area contributed by atoms with Crippen molar-refractivity contribution < 1.29 is 4.39 Å². The lowest BCUT2D eigenvalue weighted by Crippen LogP contribution is -2.38. The van der Waals surface area contributed by atoms with Crippen LogP contribution in [0.2, 0.25) is 0 Å². The summed E-state index contributed by atoms with van der Waals surface area (Å²) in [6, 6.07) is 7.93. The number of hydrogen-bond donors (Lipinski definition) is 1. The van der Waals surface area contributed by atoms with Crippen LogP contribution >= 0.6 is 0 Å². The average molecular weight is 236 g/mol. The molecule has 0 atom stereocenters. The van der Waals surface area contributed by atoms with E-state index in [9.17, 15) is 4.39 Å². The number of nitrogens with zero attached hydrogens (tertiary/aromatic N) is 1. The molecule has 0 radical (unpaired) electrons. The van der Waals surface area contributed by atoms with Crippen LogP contribution in [0.3, 0.4) is 0 Å². The zero-order valence-corrected chi connectivity index (χ0v) is 10.4. The standard InChI is InChI=1S/C14H21FN2/c1-17(13-8-6-12(16)7-9-13)10-11-4-2-3-5-14(11)15/h2-5,12-13H,6-10,16H2,1H3/t12-,13-. The molecule has 1 aromatic rings. The van der Waals surface area contributed by atoms with Crippen molar-refractivity contribution in [3.8, 4) is 0 Å². The molecule has 1 aromatic carbocycles. The van der Waals surface area contributed by atoms with Crippen LogP contribution in [-0.2, 0) is 6.54 Å². The van der Waals surface area contributed by atoms with E-state index in [-0.39, 0.29) is 5.82 Å². The minimum atomic E-state index is -0.105. The third-order valence-electron chi connectivity index (χ3n) is 3.74. The third kappa shape index (κ3) is 3.27. The molecule has 3 heteroatoms. The molecule has 17 heavy (non-hydrogen) atoms. The Kier molecular flexibility index (Phi) is 4.13. The molecule has 0 unspecified atom stereocenters. The van der Waals surface area contributed by atoms with Crippen LogP contribution in [0.25, 0.3) is 0 Å². The Morgan fingerprint density at radius 3 is 2.53 bits per heavy atom. The number of hydrogen-bond acceptors (Lipinski definition) is 2. The first-order chi connectivity index (χ1) is 8.16. The van der Waals surface area contributed by atoms with Crippen molar-refractivity contribution in [2.75, 3.05) is 7.05 Å². The Morgan fingerprint density at radius 1 is 1.24 bits per heavy atom. The fraction of sp³-hybridized carbons (Fsp3) is 0.571. The Labute approximate surface area is 103 Å². The second-order valence-corrected chi connectivity index (χ2v) is 5.08.